The largest absolute Gasteiger partial charge is 0.382 e. The van der Waals surface area contributed by atoms with Crippen LogP contribution in [0.25, 0.3) is 0 Å². The van der Waals surface area contributed by atoms with Crippen LogP contribution in [0.2, 0.25) is 0 Å². The van der Waals surface area contributed by atoms with Crippen molar-refractivity contribution >= 4 is 0 Å². The van der Waals surface area contributed by atoms with Crippen LogP contribution in [0.4, 0.5) is 0 Å². The maximum absolute atomic E-state index is 5.83. The third kappa shape index (κ3) is 2.71. The molecule has 0 radical (unpaired) electrons. The molecule has 0 saturated heterocycles. The van der Waals surface area contributed by atoms with E-state index in [0.29, 0.717) is 6.10 Å². The number of hydrogen-bond acceptors (Lipinski definition) is 2. The monoisotopic (exact) mass is 198 g/mol. The van der Waals surface area contributed by atoms with Crippen molar-refractivity contribution in [1.82, 2.24) is 0 Å². The third-order valence-corrected chi connectivity index (χ3v) is 3.72. The van der Waals surface area contributed by atoms with E-state index < -0.39 is 0 Å². The molecule has 2 heteroatoms. The van der Waals surface area contributed by atoms with Crippen molar-refractivity contribution < 1.29 is 9.47 Å². The first-order valence-electron chi connectivity index (χ1n) is 5.99. The van der Waals surface area contributed by atoms with Crippen molar-refractivity contribution in [3.63, 3.8) is 0 Å². The predicted octanol–water partition coefficient (Wildman–Crippen LogP) is 2.62. The number of hydrogen-bond donors (Lipinski definition) is 0. The summed E-state index contributed by atoms with van der Waals surface area (Å²) >= 11 is 0. The Morgan fingerprint density at radius 2 is 1.71 bits per heavy atom. The normalized spacial score (nSPS) is 37.1. The van der Waals surface area contributed by atoms with Crippen LogP contribution >= 0.6 is 0 Å². The van der Waals surface area contributed by atoms with Crippen LogP contribution in [-0.2, 0) is 9.47 Å². The molecule has 0 aromatic rings. The van der Waals surface area contributed by atoms with Crippen molar-refractivity contribution in [1.29, 1.82) is 0 Å². The van der Waals surface area contributed by atoms with Gasteiger partial charge in [-0.15, -0.1) is 0 Å². The van der Waals surface area contributed by atoms with Crippen LogP contribution in [0, 0.1) is 11.8 Å². The Morgan fingerprint density at radius 1 is 1.00 bits per heavy atom. The fraction of sp³-hybridized carbons (Fsp3) is 1.00. The van der Waals surface area contributed by atoms with E-state index in [0.717, 1.165) is 25.0 Å². The molecule has 2 fully saturated rings. The second-order valence-corrected chi connectivity index (χ2v) is 4.86. The molecule has 2 rings (SSSR count). The van der Waals surface area contributed by atoms with E-state index in [1.165, 1.54) is 38.5 Å². The molecule has 14 heavy (non-hydrogen) atoms. The summed E-state index contributed by atoms with van der Waals surface area (Å²) < 4.78 is 10.8. The SMILES string of the molecule is COCCOC1CC2CCCC(C2)C1. The summed E-state index contributed by atoms with van der Waals surface area (Å²) in [5.41, 5.74) is 0. The minimum atomic E-state index is 0.536. The van der Waals surface area contributed by atoms with Gasteiger partial charge in [-0.2, -0.15) is 0 Å². The van der Waals surface area contributed by atoms with Gasteiger partial charge in [-0.25, -0.2) is 0 Å². The first kappa shape index (κ1) is 10.4. The van der Waals surface area contributed by atoms with Crippen LogP contribution in [-0.4, -0.2) is 26.4 Å². The molecular formula is C12H22O2. The van der Waals surface area contributed by atoms with Gasteiger partial charge in [0.2, 0.25) is 0 Å². The summed E-state index contributed by atoms with van der Waals surface area (Å²) in [6.07, 6.45) is 8.97. The number of ether oxygens (including phenoxy) is 2. The lowest BCUT2D eigenvalue weighted by atomic mass is 9.71. The first-order chi connectivity index (χ1) is 6.88. The highest BCUT2D eigenvalue weighted by Gasteiger charge is 2.31. The van der Waals surface area contributed by atoms with Gasteiger partial charge in [-0.3, -0.25) is 0 Å². The minimum Gasteiger partial charge on any atom is -0.382 e. The number of fused-ring (bicyclic) bond motifs is 2. The van der Waals surface area contributed by atoms with Crippen LogP contribution in [0.3, 0.4) is 0 Å². The zero-order valence-electron chi connectivity index (χ0n) is 9.21. The van der Waals surface area contributed by atoms with Crippen LogP contribution in [0.1, 0.15) is 38.5 Å². The molecule has 2 saturated carbocycles. The van der Waals surface area contributed by atoms with Gasteiger partial charge in [-0.1, -0.05) is 19.3 Å². The molecule has 0 aromatic heterocycles. The lowest BCUT2D eigenvalue weighted by Gasteiger charge is -2.38. The molecule has 2 aliphatic carbocycles. The van der Waals surface area contributed by atoms with E-state index in [4.69, 9.17) is 9.47 Å². The summed E-state index contributed by atoms with van der Waals surface area (Å²) in [4.78, 5) is 0. The van der Waals surface area contributed by atoms with Crippen molar-refractivity contribution in [2.45, 2.75) is 44.6 Å². The quantitative estimate of drug-likeness (QED) is 0.646. The molecule has 0 N–H and O–H groups in total. The molecular weight excluding hydrogens is 176 g/mol. The Kier molecular flexibility index (Phi) is 3.82. The van der Waals surface area contributed by atoms with Gasteiger partial charge >= 0.3 is 0 Å². The van der Waals surface area contributed by atoms with E-state index in [1.54, 1.807) is 7.11 Å². The fourth-order valence-corrected chi connectivity index (χ4v) is 3.10. The number of methoxy groups -OCH3 is 1. The van der Waals surface area contributed by atoms with E-state index in [-0.39, 0.29) is 0 Å². The number of rotatable bonds is 4. The van der Waals surface area contributed by atoms with Gasteiger partial charge in [-0.05, 0) is 31.1 Å². The Bertz CT molecular complexity index is 158. The second kappa shape index (κ2) is 5.13. The smallest absolute Gasteiger partial charge is 0.0704 e. The van der Waals surface area contributed by atoms with Crippen LogP contribution in [0.5, 0.6) is 0 Å². The predicted molar refractivity (Wildman–Crippen MR) is 56.3 cm³/mol. The molecule has 0 spiro atoms. The molecule has 82 valence electrons. The third-order valence-electron chi connectivity index (χ3n) is 3.72. The first-order valence-corrected chi connectivity index (χ1v) is 5.99. The van der Waals surface area contributed by atoms with Crippen molar-refractivity contribution in [3.05, 3.63) is 0 Å². The van der Waals surface area contributed by atoms with Gasteiger partial charge < -0.3 is 9.47 Å². The van der Waals surface area contributed by atoms with Crippen molar-refractivity contribution in [3.8, 4) is 0 Å². The average molecular weight is 198 g/mol. The minimum absolute atomic E-state index is 0.536. The Balaban J connectivity index is 1.72. The summed E-state index contributed by atoms with van der Waals surface area (Å²) in [6, 6.07) is 0. The average Bonchev–Trinajstić information content (AvgIpc) is 2.18. The summed E-state index contributed by atoms with van der Waals surface area (Å²) in [6.45, 7) is 1.52. The topological polar surface area (TPSA) is 18.5 Å². The molecule has 0 heterocycles. The Labute approximate surface area is 87.0 Å². The van der Waals surface area contributed by atoms with Gasteiger partial charge in [0.15, 0.2) is 0 Å². The van der Waals surface area contributed by atoms with Crippen LogP contribution in [0.15, 0.2) is 0 Å². The van der Waals surface area contributed by atoms with Crippen LogP contribution < -0.4 is 0 Å². The molecule has 2 atom stereocenters. The van der Waals surface area contributed by atoms with E-state index in [9.17, 15) is 0 Å². The van der Waals surface area contributed by atoms with E-state index >= 15 is 0 Å². The highest BCUT2D eigenvalue weighted by atomic mass is 16.5. The molecule has 2 unspecified atom stereocenters. The second-order valence-electron chi connectivity index (χ2n) is 4.86. The van der Waals surface area contributed by atoms with Gasteiger partial charge in [0.1, 0.15) is 0 Å². The zero-order valence-corrected chi connectivity index (χ0v) is 9.21. The van der Waals surface area contributed by atoms with E-state index in [2.05, 4.69) is 0 Å². The molecule has 0 amide bonds. The molecule has 2 aliphatic rings. The summed E-state index contributed by atoms with van der Waals surface area (Å²) in [5, 5.41) is 0. The summed E-state index contributed by atoms with van der Waals surface area (Å²) in [7, 11) is 1.74. The van der Waals surface area contributed by atoms with E-state index in [1.807, 2.05) is 0 Å². The maximum atomic E-state index is 5.83. The van der Waals surface area contributed by atoms with Gasteiger partial charge in [0.25, 0.3) is 0 Å². The highest BCUT2D eigenvalue weighted by Crippen LogP contribution is 2.40. The lowest BCUT2D eigenvalue weighted by Crippen LogP contribution is -2.32. The lowest BCUT2D eigenvalue weighted by molar-refractivity contribution is -0.0346. The summed E-state index contributed by atoms with van der Waals surface area (Å²) in [5.74, 6) is 1.94. The van der Waals surface area contributed by atoms with Gasteiger partial charge in [0, 0.05) is 7.11 Å². The molecule has 0 aromatic carbocycles. The van der Waals surface area contributed by atoms with Crippen molar-refractivity contribution in [2.75, 3.05) is 20.3 Å². The fourth-order valence-electron chi connectivity index (χ4n) is 3.10. The molecule has 0 aliphatic heterocycles. The molecule has 2 bridgehead atoms. The van der Waals surface area contributed by atoms with Gasteiger partial charge in [0.05, 0.1) is 19.3 Å². The van der Waals surface area contributed by atoms with Crippen molar-refractivity contribution in [2.24, 2.45) is 11.8 Å². The standard InChI is InChI=1S/C12H22O2/c1-13-5-6-14-12-8-10-3-2-4-11(7-10)9-12/h10-12H,2-9H2,1H3. The Morgan fingerprint density at radius 3 is 2.36 bits per heavy atom. The highest BCUT2D eigenvalue weighted by molar-refractivity contribution is 4.83. The Hall–Kier alpha value is -0.0800. The maximum Gasteiger partial charge on any atom is 0.0704 e. The molecule has 2 nitrogen and oxygen atoms in total. The zero-order chi connectivity index (χ0) is 9.80.